The number of benzene rings is 1. The molecule has 21 heavy (non-hydrogen) atoms. The molecule has 2 fully saturated rings. The fraction of sp³-hybridized carbons (Fsp3) is 0.500. The van der Waals surface area contributed by atoms with Gasteiger partial charge in [0.05, 0.1) is 0 Å². The van der Waals surface area contributed by atoms with E-state index in [1.807, 2.05) is 5.43 Å². The number of nitrogens with two attached hydrogens (primary N) is 1. The molecule has 114 valence electrons. The van der Waals surface area contributed by atoms with Crippen LogP contribution in [-0.2, 0) is 0 Å². The summed E-state index contributed by atoms with van der Waals surface area (Å²) >= 11 is 0. The average Bonchev–Trinajstić information content (AvgIpc) is 3.31. The molecule has 0 spiro atoms. The van der Waals surface area contributed by atoms with Crippen LogP contribution < -0.4 is 11.3 Å². The molecular weight excluding hydrogens is 278 g/mol. The van der Waals surface area contributed by atoms with Crippen molar-refractivity contribution in [3.8, 4) is 0 Å². The fourth-order valence-electron chi connectivity index (χ4n) is 2.75. The molecule has 5 nitrogen and oxygen atoms in total. The maximum Gasteiger partial charge on any atom is 0.254 e. The molecule has 1 heterocycles. The largest absolute Gasteiger partial charge is 0.336 e. The minimum absolute atomic E-state index is 0.0175. The second-order valence-electron chi connectivity index (χ2n) is 5.52. The van der Waals surface area contributed by atoms with Crippen molar-refractivity contribution in [3.05, 3.63) is 29.3 Å². The number of nitrogens with one attached hydrogen (secondary N) is 1. The van der Waals surface area contributed by atoms with Gasteiger partial charge in [0, 0.05) is 37.8 Å². The first-order valence-electron chi connectivity index (χ1n) is 7.09. The molecule has 1 aromatic carbocycles. The Morgan fingerprint density at radius 2 is 1.71 bits per heavy atom. The maximum absolute atomic E-state index is 13.7. The summed E-state index contributed by atoms with van der Waals surface area (Å²) in [5.74, 6) is 2.97. The summed E-state index contributed by atoms with van der Waals surface area (Å²) < 4.78 is 27.3. The number of rotatable bonds is 3. The number of hydrogen-bond donors (Lipinski definition) is 2. The van der Waals surface area contributed by atoms with Crippen molar-refractivity contribution < 1.29 is 13.6 Å². The Morgan fingerprint density at radius 3 is 2.19 bits per heavy atom. The predicted molar refractivity (Wildman–Crippen MR) is 74.7 cm³/mol. The summed E-state index contributed by atoms with van der Waals surface area (Å²) in [5.41, 5.74) is 1.54. The topological polar surface area (TPSA) is 61.6 Å². The van der Waals surface area contributed by atoms with Gasteiger partial charge in [-0.3, -0.25) is 15.5 Å². The van der Waals surface area contributed by atoms with Crippen molar-refractivity contribution >= 4 is 11.6 Å². The van der Waals surface area contributed by atoms with Crippen LogP contribution in [0.25, 0.3) is 0 Å². The third kappa shape index (κ3) is 2.84. The van der Waals surface area contributed by atoms with E-state index in [2.05, 4.69) is 4.90 Å². The van der Waals surface area contributed by atoms with Gasteiger partial charge in [0.2, 0.25) is 0 Å². The molecule has 2 aliphatic rings. The van der Waals surface area contributed by atoms with Crippen LogP contribution in [-0.4, -0.2) is 47.9 Å². The highest BCUT2D eigenvalue weighted by Crippen LogP contribution is 2.28. The van der Waals surface area contributed by atoms with Gasteiger partial charge >= 0.3 is 0 Å². The minimum Gasteiger partial charge on any atom is -0.336 e. The van der Waals surface area contributed by atoms with E-state index >= 15 is 0 Å². The zero-order valence-corrected chi connectivity index (χ0v) is 11.6. The van der Waals surface area contributed by atoms with E-state index in [0.717, 1.165) is 25.2 Å². The highest BCUT2D eigenvalue weighted by Gasteiger charge is 2.32. The molecular formula is C14H18F2N4O. The van der Waals surface area contributed by atoms with Crippen molar-refractivity contribution in [1.82, 2.24) is 9.80 Å². The summed E-state index contributed by atoms with van der Waals surface area (Å²) in [6, 6.07) is 2.72. The lowest BCUT2D eigenvalue weighted by Crippen LogP contribution is -2.49. The first-order valence-corrected chi connectivity index (χ1v) is 7.09. The lowest BCUT2D eigenvalue weighted by molar-refractivity contribution is 0.0626. The molecule has 3 N–H and O–H groups in total. The number of nitrogen functional groups attached to an aromatic ring is 1. The quantitative estimate of drug-likeness (QED) is 0.649. The first kappa shape index (κ1) is 14.2. The number of carbonyl (C=O) groups excluding carboxylic acids is 1. The van der Waals surface area contributed by atoms with Crippen molar-refractivity contribution in [2.45, 2.75) is 18.9 Å². The molecule has 0 radical (unpaired) electrons. The summed E-state index contributed by atoms with van der Waals surface area (Å²) in [7, 11) is 0. The van der Waals surface area contributed by atoms with E-state index in [-0.39, 0.29) is 11.5 Å². The van der Waals surface area contributed by atoms with Gasteiger partial charge in [0.25, 0.3) is 5.91 Å². The number of hydrazine groups is 1. The third-order valence-corrected chi connectivity index (χ3v) is 4.10. The van der Waals surface area contributed by atoms with Crippen LogP contribution in [0.15, 0.2) is 12.1 Å². The Hall–Kier alpha value is -1.73. The molecule has 1 saturated heterocycles. The summed E-state index contributed by atoms with van der Waals surface area (Å²) in [4.78, 5) is 16.3. The van der Waals surface area contributed by atoms with Crippen LogP contribution in [0.2, 0.25) is 0 Å². The number of halogens is 2. The van der Waals surface area contributed by atoms with Crippen molar-refractivity contribution in [1.29, 1.82) is 0 Å². The molecule has 1 aliphatic heterocycles. The molecule has 0 atom stereocenters. The molecule has 0 aromatic heterocycles. The Kier molecular flexibility index (Phi) is 3.77. The summed E-state index contributed by atoms with van der Waals surface area (Å²) in [6.45, 7) is 2.83. The second-order valence-corrected chi connectivity index (χ2v) is 5.52. The van der Waals surface area contributed by atoms with Crippen LogP contribution in [0.4, 0.5) is 14.5 Å². The normalized spacial score (nSPS) is 19.7. The number of amides is 1. The van der Waals surface area contributed by atoms with Gasteiger partial charge in [-0.1, -0.05) is 0 Å². The lowest BCUT2D eigenvalue weighted by Gasteiger charge is -2.34. The van der Waals surface area contributed by atoms with Crippen LogP contribution in [0.1, 0.15) is 23.2 Å². The second kappa shape index (κ2) is 5.57. The van der Waals surface area contributed by atoms with Gasteiger partial charge in [-0.2, -0.15) is 0 Å². The third-order valence-electron chi connectivity index (χ3n) is 4.10. The molecule has 1 amide bonds. The Morgan fingerprint density at radius 1 is 1.14 bits per heavy atom. The zero-order valence-electron chi connectivity index (χ0n) is 11.6. The molecule has 1 aromatic rings. The number of hydrogen-bond acceptors (Lipinski definition) is 4. The Bertz CT molecular complexity index is 531. The van der Waals surface area contributed by atoms with Crippen LogP contribution in [0.3, 0.4) is 0 Å². The SMILES string of the molecule is NNc1c(F)cc(C(=O)N2CCN(C3CC3)CC2)cc1F. The van der Waals surface area contributed by atoms with Gasteiger partial charge in [0.1, 0.15) is 5.69 Å². The summed E-state index contributed by atoms with van der Waals surface area (Å²) in [5, 5.41) is 0. The minimum atomic E-state index is -0.863. The lowest BCUT2D eigenvalue weighted by atomic mass is 10.1. The Balaban J connectivity index is 1.70. The maximum atomic E-state index is 13.7. The van der Waals surface area contributed by atoms with E-state index in [1.165, 1.54) is 12.8 Å². The van der Waals surface area contributed by atoms with Crippen LogP contribution in [0, 0.1) is 11.6 Å². The summed E-state index contributed by atoms with van der Waals surface area (Å²) in [6.07, 6.45) is 2.47. The van der Waals surface area contributed by atoms with Crippen molar-refractivity contribution in [2.24, 2.45) is 5.84 Å². The van der Waals surface area contributed by atoms with Gasteiger partial charge in [-0.05, 0) is 25.0 Å². The number of anilines is 1. The first-order chi connectivity index (χ1) is 10.1. The van der Waals surface area contributed by atoms with E-state index in [4.69, 9.17) is 5.84 Å². The van der Waals surface area contributed by atoms with Gasteiger partial charge in [0.15, 0.2) is 11.6 Å². The molecule has 3 rings (SSSR count). The highest BCUT2D eigenvalue weighted by molar-refractivity contribution is 5.94. The molecule has 7 heteroatoms. The van der Waals surface area contributed by atoms with Crippen molar-refractivity contribution in [2.75, 3.05) is 31.6 Å². The average molecular weight is 296 g/mol. The zero-order chi connectivity index (χ0) is 15.0. The monoisotopic (exact) mass is 296 g/mol. The molecule has 1 aliphatic carbocycles. The van der Waals surface area contributed by atoms with E-state index < -0.39 is 17.3 Å². The van der Waals surface area contributed by atoms with Crippen LogP contribution in [0.5, 0.6) is 0 Å². The predicted octanol–water partition coefficient (Wildman–Crippen LogP) is 1.17. The molecule has 0 unspecified atom stereocenters. The highest BCUT2D eigenvalue weighted by atomic mass is 19.1. The van der Waals surface area contributed by atoms with Crippen LogP contribution >= 0.6 is 0 Å². The number of piperazine rings is 1. The van der Waals surface area contributed by atoms with Crippen molar-refractivity contribution in [3.63, 3.8) is 0 Å². The fourth-order valence-corrected chi connectivity index (χ4v) is 2.75. The molecule has 1 saturated carbocycles. The Labute approximate surface area is 121 Å². The molecule has 0 bridgehead atoms. The standard InChI is InChI=1S/C14H18F2N4O/c15-11-7-9(8-12(16)13(11)18-17)14(21)20-5-3-19(4-6-20)10-1-2-10/h7-8,10,18H,1-6,17H2. The van der Waals surface area contributed by atoms with Gasteiger partial charge in [-0.25, -0.2) is 8.78 Å². The van der Waals surface area contributed by atoms with E-state index in [9.17, 15) is 13.6 Å². The van der Waals surface area contributed by atoms with E-state index in [1.54, 1.807) is 4.90 Å². The number of carbonyl (C=O) groups is 1. The number of nitrogens with zero attached hydrogens (tertiary/aromatic N) is 2. The smallest absolute Gasteiger partial charge is 0.254 e. The van der Waals surface area contributed by atoms with Gasteiger partial charge < -0.3 is 10.3 Å². The van der Waals surface area contributed by atoms with E-state index in [0.29, 0.717) is 19.1 Å². The van der Waals surface area contributed by atoms with Gasteiger partial charge in [-0.15, -0.1) is 0 Å².